The van der Waals surface area contributed by atoms with E-state index in [1.165, 1.54) is 6.08 Å². The van der Waals surface area contributed by atoms with Crippen molar-refractivity contribution < 1.29 is 9.59 Å². The second kappa shape index (κ2) is 3.93. The number of amides is 2. The quantitative estimate of drug-likeness (QED) is 0.765. The van der Waals surface area contributed by atoms with Crippen LogP contribution in [0.2, 0.25) is 0 Å². The highest BCUT2D eigenvalue weighted by molar-refractivity contribution is 6.33. The molecule has 1 aromatic rings. The molecule has 1 aromatic carbocycles. The van der Waals surface area contributed by atoms with E-state index in [0.29, 0.717) is 11.5 Å². The first-order valence-corrected chi connectivity index (χ1v) is 5.26. The Morgan fingerprint density at radius 2 is 1.81 bits per heavy atom. The first-order chi connectivity index (χ1) is 7.59. The average molecular weight is 215 g/mol. The van der Waals surface area contributed by atoms with Gasteiger partial charge in [0.1, 0.15) is 0 Å². The first kappa shape index (κ1) is 10.6. The Bertz CT molecular complexity index is 486. The lowest BCUT2D eigenvalue weighted by atomic mass is 9.92. The third-order valence-electron chi connectivity index (χ3n) is 2.63. The molecule has 0 bridgehead atoms. The highest BCUT2D eigenvalue weighted by Gasteiger charge is 2.24. The minimum atomic E-state index is -0.335. The monoisotopic (exact) mass is 215 g/mol. The fourth-order valence-electron chi connectivity index (χ4n) is 1.86. The summed E-state index contributed by atoms with van der Waals surface area (Å²) in [5, 5.41) is 2.26. The summed E-state index contributed by atoms with van der Waals surface area (Å²) in [6.07, 6.45) is 1.36. The number of carbonyl (C=O) groups is 2. The Morgan fingerprint density at radius 1 is 1.12 bits per heavy atom. The molecule has 2 rings (SSSR count). The van der Waals surface area contributed by atoms with Crippen LogP contribution in [0.3, 0.4) is 0 Å². The van der Waals surface area contributed by atoms with Gasteiger partial charge in [-0.05, 0) is 17.0 Å². The Balaban J connectivity index is 2.52. The van der Waals surface area contributed by atoms with Crippen LogP contribution >= 0.6 is 0 Å². The van der Waals surface area contributed by atoms with E-state index in [-0.39, 0.29) is 11.8 Å². The van der Waals surface area contributed by atoms with Crippen LogP contribution < -0.4 is 5.32 Å². The molecule has 1 heterocycles. The van der Waals surface area contributed by atoms with Crippen LogP contribution in [0.1, 0.15) is 30.9 Å². The van der Waals surface area contributed by atoms with Gasteiger partial charge in [0.2, 0.25) is 0 Å². The lowest BCUT2D eigenvalue weighted by Crippen LogP contribution is -2.22. The topological polar surface area (TPSA) is 46.2 Å². The Labute approximate surface area is 94.2 Å². The van der Waals surface area contributed by atoms with E-state index in [1.54, 1.807) is 0 Å². The van der Waals surface area contributed by atoms with Gasteiger partial charge in [-0.1, -0.05) is 38.1 Å². The molecule has 1 N–H and O–H groups in total. The number of imide groups is 1. The summed E-state index contributed by atoms with van der Waals surface area (Å²) in [6, 6.07) is 7.67. The van der Waals surface area contributed by atoms with E-state index >= 15 is 0 Å². The molecule has 1 aliphatic heterocycles. The third kappa shape index (κ3) is 1.76. The molecule has 1 aliphatic rings. The number of hydrogen-bond donors (Lipinski definition) is 1. The summed E-state index contributed by atoms with van der Waals surface area (Å²) in [4.78, 5) is 22.7. The summed E-state index contributed by atoms with van der Waals surface area (Å²) in [6.45, 7) is 4.13. The van der Waals surface area contributed by atoms with Gasteiger partial charge in [-0.25, -0.2) is 0 Å². The van der Waals surface area contributed by atoms with Gasteiger partial charge in [-0.15, -0.1) is 0 Å². The third-order valence-corrected chi connectivity index (χ3v) is 2.63. The zero-order valence-corrected chi connectivity index (χ0v) is 9.28. The number of benzene rings is 1. The second-order valence-corrected chi connectivity index (χ2v) is 4.12. The minimum absolute atomic E-state index is 0.307. The molecule has 0 aliphatic carbocycles. The number of carbonyl (C=O) groups excluding carboxylic acids is 2. The molecule has 3 heteroatoms. The SMILES string of the molecule is CC(C)c1ccccc1C1=CC(=O)NC1=O. The molecule has 0 saturated heterocycles. The smallest absolute Gasteiger partial charge is 0.258 e. The number of hydrogen-bond acceptors (Lipinski definition) is 2. The maximum Gasteiger partial charge on any atom is 0.258 e. The standard InChI is InChI=1S/C13H13NO2/c1-8(2)9-5-3-4-6-10(9)11-7-12(15)14-13(11)16/h3-8H,1-2H3,(H,14,15,16). The average Bonchev–Trinajstić information content (AvgIpc) is 2.57. The summed E-state index contributed by atoms with van der Waals surface area (Å²) in [7, 11) is 0. The summed E-state index contributed by atoms with van der Waals surface area (Å²) >= 11 is 0. The largest absolute Gasteiger partial charge is 0.289 e. The van der Waals surface area contributed by atoms with Crippen LogP contribution in [0.15, 0.2) is 30.3 Å². The molecule has 0 atom stereocenters. The highest BCUT2D eigenvalue weighted by atomic mass is 16.2. The highest BCUT2D eigenvalue weighted by Crippen LogP contribution is 2.27. The van der Waals surface area contributed by atoms with Crippen LogP contribution in [-0.4, -0.2) is 11.8 Å². The number of rotatable bonds is 2. The van der Waals surface area contributed by atoms with Gasteiger partial charge in [0.15, 0.2) is 0 Å². The van der Waals surface area contributed by atoms with Gasteiger partial charge in [0.25, 0.3) is 11.8 Å². The van der Waals surface area contributed by atoms with Crippen molar-refractivity contribution in [1.29, 1.82) is 0 Å². The van der Waals surface area contributed by atoms with Crippen molar-refractivity contribution in [2.24, 2.45) is 0 Å². The molecule has 16 heavy (non-hydrogen) atoms. The molecule has 2 amide bonds. The van der Waals surface area contributed by atoms with Gasteiger partial charge in [-0.2, -0.15) is 0 Å². The van der Waals surface area contributed by atoms with Crippen molar-refractivity contribution in [3.05, 3.63) is 41.5 Å². The van der Waals surface area contributed by atoms with E-state index in [1.807, 2.05) is 24.3 Å². The molecule has 0 unspecified atom stereocenters. The molecule has 0 aromatic heterocycles. The fraction of sp³-hybridized carbons (Fsp3) is 0.231. The van der Waals surface area contributed by atoms with Gasteiger partial charge in [0.05, 0.1) is 5.57 Å². The van der Waals surface area contributed by atoms with Crippen LogP contribution in [0.5, 0.6) is 0 Å². The van der Waals surface area contributed by atoms with Gasteiger partial charge in [0, 0.05) is 6.08 Å². The second-order valence-electron chi connectivity index (χ2n) is 4.12. The maximum absolute atomic E-state index is 11.6. The summed E-state index contributed by atoms with van der Waals surface area (Å²) < 4.78 is 0. The lowest BCUT2D eigenvalue weighted by Gasteiger charge is -2.11. The molecular formula is C13H13NO2. The van der Waals surface area contributed by atoms with E-state index in [9.17, 15) is 9.59 Å². The molecule has 0 saturated carbocycles. The van der Waals surface area contributed by atoms with Crippen molar-refractivity contribution in [2.45, 2.75) is 19.8 Å². The van der Waals surface area contributed by atoms with Crippen LogP contribution in [0.4, 0.5) is 0 Å². The zero-order valence-electron chi connectivity index (χ0n) is 9.28. The minimum Gasteiger partial charge on any atom is -0.289 e. The molecule has 0 spiro atoms. The van der Waals surface area contributed by atoms with Gasteiger partial charge >= 0.3 is 0 Å². The zero-order chi connectivity index (χ0) is 11.7. The normalized spacial score (nSPS) is 15.3. The molecular weight excluding hydrogens is 202 g/mol. The Hall–Kier alpha value is -1.90. The van der Waals surface area contributed by atoms with Crippen molar-refractivity contribution in [2.75, 3.05) is 0 Å². The van der Waals surface area contributed by atoms with E-state index in [0.717, 1.165) is 11.1 Å². The van der Waals surface area contributed by atoms with E-state index in [2.05, 4.69) is 19.2 Å². The maximum atomic E-state index is 11.6. The Kier molecular flexibility index (Phi) is 2.60. The summed E-state index contributed by atoms with van der Waals surface area (Å²) in [5.41, 5.74) is 2.40. The van der Waals surface area contributed by atoms with Crippen molar-refractivity contribution in [1.82, 2.24) is 5.32 Å². The van der Waals surface area contributed by atoms with Crippen LogP contribution in [0, 0.1) is 0 Å². The van der Waals surface area contributed by atoms with E-state index < -0.39 is 0 Å². The molecule has 82 valence electrons. The van der Waals surface area contributed by atoms with E-state index in [4.69, 9.17) is 0 Å². The number of nitrogens with one attached hydrogen (secondary N) is 1. The van der Waals surface area contributed by atoms with Crippen molar-refractivity contribution >= 4 is 17.4 Å². The van der Waals surface area contributed by atoms with Crippen LogP contribution in [-0.2, 0) is 9.59 Å². The lowest BCUT2D eigenvalue weighted by molar-refractivity contribution is -0.123. The van der Waals surface area contributed by atoms with Crippen molar-refractivity contribution in [3.63, 3.8) is 0 Å². The summed E-state index contributed by atoms with van der Waals surface area (Å²) in [5.74, 6) is -0.322. The predicted molar refractivity (Wildman–Crippen MR) is 61.7 cm³/mol. The molecule has 3 nitrogen and oxygen atoms in total. The molecule has 0 radical (unpaired) electrons. The first-order valence-electron chi connectivity index (χ1n) is 5.26. The predicted octanol–water partition coefficient (Wildman–Crippen LogP) is 1.85. The van der Waals surface area contributed by atoms with Gasteiger partial charge < -0.3 is 0 Å². The fourth-order valence-corrected chi connectivity index (χ4v) is 1.86. The van der Waals surface area contributed by atoms with Crippen molar-refractivity contribution in [3.8, 4) is 0 Å². The molecule has 0 fully saturated rings. The van der Waals surface area contributed by atoms with Gasteiger partial charge in [-0.3, -0.25) is 14.9 Å². The Morgan fingerprint density at radius 3 is 2.38 bits per heavy atom. The van der Waals surface area contributed by atoms with Crippen LogP contribution in [0.25, 0.3) is 5.57 Å².